The predicted molar refractivity (Wildman–Crippen MR) is 120 cm³/mol. The predicted octanol–water partition coefficient (Wildman–Crippen LogP) is 2.86. The van der Waals surface area contributed by atoms with Gasteiger partial charge in [-0.3, -0.25) is 9.59 Å². The highest BCUT2D eigenvalue weighted by molar-refractivity contribution is 6.45. The van der Waals surface area contributed by atoms with Gasteiger partial charge in [0.2, 0.25) is 0 Å². The maximum Gasteiger partial charge on any atom is 0.457 e. The number of carbonyl (C=O) groups is 2. The summed E-state index contributed by atoms with van der Waals surface area (Å²) in [6, 6.07) is 0. The summed E-state index contributed by atoms with van der Waals surface area (Å²) in [5.74, 6) is -0.914. The van der Waals surface area contributed by atoms with Crippen LogP contribution < -0.4 is 0 Å². The SMILES string of the molecule is COC(=O)C1(C(=O)OC)C[C@H](CCB2OCC(C)(C)CO2)[C@@H](CB2OCC(C)(C)CO2)C1. The standard InChI is InChI=1S/C22H38B2O8/c1-20(2)12-29-23(30-13-20)8-7-16-9-22(18(25)27-5,19(26)28-6)10-17(16)11-24-31-14-21(3,4)15-32-24/h16-17H,7-15H2,1-6H3/t16-,17+/m0/s1. The van der Waals surface area contributed by atoms with E-state index in [1.54, 1.807) is 0 Å². The number of methoxy groups -OCH3 is 2. The fourth-order valence-electron chi connectivity index (χ4n) is 5.09. The third kappa shape index (κ3) is 5.88. The van der Waals surface area contributed by atoms with Crippen molar-refractivity contribution in [2.24, 2.45) is 28.1 Å². The van der Waals surface area contributed by atoms with E-state index in [1.165, 1.54) is 14.2 Å². The summed E-state index contributed by atoms with van der Waals surface area (Å²) in [4.78, 5) is 25.5. The Bertz CT molecular complexity index is 647. The van der Waals surface area contributed by atoms with Gasteiger partial charge in [0, 0.05) is 37.3 Å². The van der Waals surface area contributed by atoms with Crippen molar-refractivity contribution in [3.8, 4) is 0 Å². The summed E-state index contributed by atoms with van der Waals surface area (Å²) in [5, 5.41) is 0. The molecular formula is C22H38B2O8. The van der Waals surface area contributed by atoms with Crippen LogP contribution in [0, 0.1) is 28.1 Å². The number of ether oxygens (including phenoxy) is 2. The molecule has 3 fully saturated rings. The van der Waals surface area contributed by atoms with Gasteiger partial charge in [-0.2, -0.15) is 0 Å². The summed E-state index contributed by atoms with van der Waals surface area (Å²) in [5.41, 5.74) is -1.29. The van der Waals surface area contributed by atoms with E-state index in [4.69, 9.17) is 28.1 Å². The number of hydrogen-bond acceptors (Lipinski definition) is 8. The summed E-state index contributed by atoms with van der Waals surface area (Å²) in [6.45, 7) is 11.0. The van der Waals surface area contributed by atoms with Crippen LogP contribution >= 0.6 is 0 Å². The van der Waals surface area contributed by atoms with E-state index >= 15 is 0 Å². The van der Waals surface area contributed by atoms with E-state index in [9.17, 15) is 9.59 Å². The molecule has 0 spiro atoms. The first-order valence-corrected chi connectivity index (χ1v) is 11.6. The van der Waals surface area contributed by atoms with Gasteiger partial charge in [0.05, 0.1) is 14.2 Å². The minimum atomic E-state index is -1.29. The highest BCUT2D eigenvalue weighted by atomic mass is 16.6. The van der Waals surface area contributed by atoms with Crippen LogP contribution in [0.15, 0.2) is 0 Å². The Morgan fingerprint density at radius 1 is 0.781 bits per heavy atom. The Labute approximate surface area is 192 Å². The van der Waals surface area contributed by atoms with Crippen molar-refractivity contribution < 1.29 is 37.7 Å². The van der Waals surface area contributed by atoms with E-state index in [-0.39, 0.29) is 36.9 Å². The van der Waals surface area contributed by atoms with Crippen molar-refractivity contribution in [3.05, 3.63) is 0 Å². The molecule has 0 amide bonds. The van der Waals surface area contributed by atoms with E-state index in [1.807, 2.05) is 0 Å². The third-order valence-corrected chi connectivity index (χ3v) is 6.95. The van der Waals surface area contributed by atoms with Gasteiger partial charge in [-0.05, 0) is 37.3 Å². The second-order valence-corrected chi connectivity index (χ2v) is 11.2. The molecule has 0 aromatic carbocycles. The molecule has 2 aliphatic heterocycles. The molecule has 2 saturated heterocycles. The molecule has 180 valence electrons. The second kappa shape index (κ2) is 10.0. The fraction of sp³-hybridized carbons (Fsp3) is 0.909. The topological polar surface area (TPSA) is 89.5 Å². The second-order valence-electron chi connectivity index (χ2n) is 11.2. The van der Waals surface area contributed by atoms with E-state index in [0.29, 0.717) is 51.9 Å². The molecule has 2 atom stereocenters. The van der Waals surface area contributed by atoms with Crippen LogP contribution in [-0.4, -0.2) is 66.8 Å². The molecular weight excluding hydrogens is 414 g/mol. The molecule has 8 nitrogen and oxygen atoms in total. The fourth-order valence-corrected chi connectivity index (χ4v) is 5.09. The van der Waals surface area contributed by atoms with Gasteiger partial charge in [-0.15, -0.1) is 0 Å². The zero-order valence-corrected chi connectivity index (χ0v) is 20.4. The lowest BCUT2D eigenvalue weighted by Crippen LogP contribution is -2.42. The first kappa shape index (κ1) is 25.5. The Morgan fingerprint density at radius 2 is 1.22 bits per heavy atom. The molecule has 0 bridgehead atoms. The number of rotatable bonds is 7. The van der Waals surface area contributed by atoms with Crippen molar-refractivity contribution in [1.82, 2.24) is 0 Å². The molecule has 3 rings (SSSR count). The van der Waals surface area contributed by atoms with Crippen LogP contribution in [0.1, 0.15) is 47.0 Å². The Hall–Kier alpha value is -1.09. The summed E-state index contributed by atoms with van der Waals surface area (Å²) in [7, 11) is 2.02. The van der Waals surface area contributed by atoms with Crippen LogP contribution in [0.2, 0.25) is 12.6 Å². The molecule has 2 heterocycles. The lowest BCUT2D eigenvalue weighted by atomic mass is 9.69. The Kier molecular flexibility index (Phi) is 8.01. The molecule has 0 N–H and O–H groups in total. The van der Waals surface area contributed by atoms with Gasteiger partial charge in [0.25, 0.3) is 0 Å². The van der Waals surface area contributed by atoms with Crippen LogP contribution in [0.5, 0.6) is 0 Å². The van der Waals surface area contributed by atoms with E-state index in [2.05, 4.69) is 27.7 Å². The van der Waals surface area contributed by atoms with Gasteiger partial charge >= 0.3 is 26.2 Å². The zero-order chi connectivity index (χ0) is 23.6. The average Bonchev–Trinajstić information content (AvgIpc) is 3.12. The lowest BCUT2D eigenvalue weighted by Gasteiger charge is -2.35. The summed E-state index contributed by atoms with van der Waals surface area (Å²) in [6.07, 6.45) is 2.84. The zero-order valence-electron chi connectivity index (χ0n) is 20.4. The molecule has 0 radical (unpaired) electrons. The van der Waals surface area contributed by atoms with Crippen molar-refractivity contribution in [2.45, 2.75) is 59.6 Å². The number of carbonyl (C=O) groups excluding carboxylic acids is 2. The molecule has 3 aliphatic rings. The lowest BCUT2D eigenvalue weighted by molar-refractivity contribution is -0.169. The first-order valence-electron chi connectivity index (χ1n) is 11.6. The quantitative estimate of drug-likeness (QED) is 0.331. The van der Waals surface area contributed by atoms with Crippen LogP contribution in [0.4, 0.5) is 0 Å². The molecule has 10 heteroatoms. The summed E-state index contributed by atoms with van der Waals surface area (Å²) < 4.78 is 33.8. The van der Waals surface area contributed by atoms with Crippen LogP contribution in [0.3, 0.4) is 0 Å². The van der Waals surface area contributed by atoms with Crippen molar-refractivity contribution >= 4 is 26.2 Å². The van der Waals surface area contributed by atoms with Crippen LogP contribution in [0.25, 0.3) is 0 Å². The van der Waals surface area contributed by atoms with Crippen molar-refractivity contribution in [1.29, 1.82) is 0 Å². The van der Waals surface area contributed by atoms with E-state index in [0.717, 1.165) is 6.42 Å². The van der Waals surface area contributed by atoms with Gasteiger partial charge in [-0.25, -0.2) is 0 Å². The Balaban J connectivity index is 1.70. The molecule has 0 aromatic heterocycles. The maximum atomic E-state index is 12.7. The molecule has 0 unspecified atom stereocenters. The summed E-state index contributed by atoms with van der Waals surface area (Å²) >= 11 is 0. The van der Waals surface area contributed by atoms with E-state index < -0.39 is 17.4 Å². The minimum absolute atomic E-state index is 0.0146. The monoisotopic (exact) mass is 452 g/mol. The maximum absolute atomic E-state index is 12.7. The normalized spacial score (nSPS) is 28.9. The van der Waals surface area contributed by atoms with Gasteiger partial charge in [0.1, 0.15) is 0 Å². The number of esters is 2. The molecule has 32 heavy (non-hydrogen) atoms. The van der Waals surface area contributed by atoms with Gasteiger partial charge < -0.3 is 28.1 Å². The molecule has 1 aliphatic carbocycles. The van der Waals surface area contributed by atoms with Gasteiger partial charge in [0.15, 0.2) is 5.41 Å². The van der Waals surface area contributed by atoms with Gasteiger partial charge in [-0.1, -0.05) is 34.1 Å². The molecule has 0 aromatic rings. The van der Waals surface area contributed by atoms with Crippen molar-refractivity contribution in [3.63, 3.8) is 0 Å². The van der Waals surface area contributed by atoms with Crippen LogP contribution in [-0.2, 0) is 37.7 Å². The average molecular weight is 452 g/mol. The smallest absolute Gasteiger partial charge is 0.457 e. The Morgan fingerprint density at radius 3 is 1.69 bits per heavy atom. The number of hydrogen-bond donors (Lipinski definition) is 0. The highest BCUT2D eigenvalue weighted by Gasteiger charge is 2.58. The van der Waals surface area contributed by atoms with Crippen molar-refractivity contribution in [2.75, 3.05) is 40.6 Å². The first-order chi connectivity index (χ1) is 15.0. The largest absolute Gasteiger partial charge is 0.468 e. The third-order valence-electron chi connectivity index (χ3n) is 6.95. The molecule has 1 saturated carbocycles. The minimum Gasteiger partial charge on any atom is -0.468 e. The highest BCUT2D eigenvalue weighted by Crippen LogP contribution is 2.51.